The van der Waals surface area contributed by atoms with E-state index in [9.17, 15) is 4.79 Å². The first-order valence-corrected chi connectivity index (χ1v) is 10.9. The van der Waals surface area contributed by atoms with Crippen molar-refractivity contribution in [2.75, 3.05) is 20.5 Å². The van der Waals surface area contributed by atoms with Crippen LogP contribution in [0.3, 0.4) is 0 Å². The van der Waals surface area contributed by atoms with E-state index < -0.39 is 14.0 Å². The number of methoxy groups -OCH3 is 1. The lowest BCUT2D eigenvalue weighted by atomic mass is 10.2. The second kappa shape index (κ2) is 7.80. The third-order valence-corrected chi connectivity index (χ3v) is 4.76. The van der Waals surface area contributed by atoms with Crippen LogP contribution in [0.5, 0.6) is 5.75 Å². The summed E-state index contributed by atoms with van der Waals surface area (Å²) in [5.74, 6) is 0.184. The van der Waals surface area contributed by atoms with Gasteiger partial charge in [0.2, 0.25) is 0 Å². The maximum atomic E-state index is 11.5. The number of hydrogen-bond donors (Lipinski definition) is 0. The maximum Gasteiger partial charge on any atom is 0.338 e. The second-order valence-corrected chi connectivity index (χ2v) is 12.2. The molecule has 0 N–H and O–H groups in total. The minimum Gasteiger partial charge on any atom is -0.467 e. The van der Waals surface area contributed by atoms with Crippen molar-refractivity contribution in [3.05, 3.63) is 28.2 Å². The van der Waals surface area contributed by atoms with Gasteiger partial charge in [0.15, 0.2) is 6.79 Å². The molecule has 4 nitrogen and oxygen atoms in total. The van der Waals surface area contributed by atoms with Crippen molar-refractivity contribution >= 4 is 30.0 Å². The predicted octanol–water partition coefficient (Wildman–Crippen LogP) is 3.93. The van der Waals surface area contributed by atoms with E-state index in [4.69, 9.17) is 9.47 Å². The van der Waals surface area contributed by atoms with Crippen LogP contribution >= 0.6 is 15.9 Å². The summed E-state index contributed by atoms with van der Waals surface area (Å²) in [4.78, 5) is 11.5. The molecule has 0 bridgehead atoms. The Morgan fingerprint density at radius 3 is 2.55 bits per heavy atom. The summed E-state index contributed by atoms with van der Waals surface area (Å²) in [6, 6.07) is 6.21. The molecule has 0 saturated heterocycles. The van der Waals surface area contributed by atoms with Crippen LogP contribution in [0.2, 0.25) is 25.7 Å². The van der Waals surface area contributed by atoms with Crippen LogP contribution < -0.4 is 4.74 Å². The maximum absolute atomic E-state index is 11.5. The molecule has 0 heterocycles. The Hall–Kier alpha value is -0.853. The van der Waals surface area contributed by atoms with Gasteiger partial charge in [0.1, 0.15) is 5.75 Å². The third kappa shape index (κ3) is 6.54. The molecule has 0 unspecified atom stereocenters. The van der Waals surface area contributed by atoms with Crippen LogP contribution in [0.1, 0.15) is 10.4 Å². The molecular weight excluding hydrogens is 340 g/mol. The number of esters is 1. The molecule has 6 heteroatoms. The van der Waals surface area contributed by atoms with Crippen LogP contribution in [-0.4, -0.2) is 34.6 Å². The van der Waals surface area contributed by atoms with Crippen LogP contribution in [-0.2, 0) is 9.47 Å². The Morgan fingerprint density at radius 1 is 1.25 bits per heavy atom. The average Bonchev–Trinajstić information content (AvgIpc) is 2.35. The van der Waals surface area contributed by atoms with Gasteiger partial charge in [-0.25, -0.2) is 4.79 Å². The number of hydrogen-bond acceptors (Lipinski definition) is 4. The quantitative estimate of drug-likeness (QED) is 0.320. The monoisotopic (exact) mass is 360 g/mol. The van der Waals surface area contributed by atoms with Crippen molar-refractivity contribution in [3.8, 4) is 5.75 Å². The molecule has 0 saturated carbocycles. The van der Waals surface area contributed by atoms with Crippen molar-refractivity contribution in [2.24, 2.45) is 0 Å². The smallest absolute Gasteiger partial charge is 0.338 e. The summed E-state index contributed by atoms with van der Waals surface area (Å²) in [5, 5.41) is 0. The standard InChI is InChI=1S/C14H21BrO4Si/c1-17-14(16)11-7-12(15)9-13(8-11)19-10-18-5-6-20(2,3)4/h7-9H,5-6,10H2,1-4H3. The highest BCUT2D eigenvalue weighted by Gasteiger charge is 2.12. The topological polar surface area (TPSA) is 44.8 Å². The third-order valence-electron chi connectivity index (χ3n) is 2.60. The molecule has 1 aromatic carbocycles. The molecule has 0 spiro atoms. The van der Waals surface area contributed by atoms with Gasteiger partial charge in [-0.15, -0.1) is 0 Å². The first-order chi connectivity index (χ1) is 9.31. The second-order valence-electron chi connectivity index (χ2n) is 5.65. The Labute approximate surface area is 129 Å². The van der Waals surface area contributed by atoms with Crippen LogP contribution in [0.25, 0.3) is 0 Å². The number of halogens is 1. The largest absolute Gasteiger partial charge is 0.467 e. The summed E-state index contributed by atoms with van der Waals surface area (Å²) >= 11 is 3.34. The fourth-order valence-electron chi connectivity index (χ4n) is 1.43. The Bertz CT molecular complexity index is 457. The van der Waals surface area contributed by atoms with Crippen molar-refractivity contribution in [1.29, 1.82) is 0 Å². The molecule has 0 radical (unpaired) electrons. The van der Waals surface area contributed by atoms with Crippen LogP contribution in [0, 0.1) is 0 Å². The molecule has 0 fully saturated rings. The molecule has 20 heavy (non-hydrogen) atoms. The molecule has 1 rings (SSSR count). The average molecular weight is 361 g/mol. The molecule has 0 amide bonds. The Morgan fingerprint density at radius 2 is 1.95 bits per heavy atom. The van der Waals surface area contributed by atoms with Crippen molar-refractivity contribution in [1.82, 2.24) is 0 Å². The minimum absolute atomic E-state index is 0.182. The summed E-state index contributed by atoms with van der Waals surface area (Å²) in [6.07, 6.45) is 0. The summed E-state index contributed by atoms with van der Waals surface area (Å²) in [7, 11) is 0.277. The van der Waals surface area contributed by atoms with Crippen molar-refractivity contribution in [3.63, 3.8) is 0 Å². The first kappa shape index (κ1) is 17.2. The fraction of sp³-hybridized carbons (Fsp3) is 0.500. The first-order valence-electron chi connectivity index (χ1n) is 6.41. The number of ether oxygens (including phenoxy) is 3. The van der Waals surface area contributed by atoms with Crippen molar-refractivity contribution in [2.45, 2.75) is 25.7 Å². The zero-order chi connectivity index (χ0) is 15.2. The summed E-state index contributed by atoms with van der Waals surface area (Å²) in [5.41, 5.74) is 0.443. The molecule has 0 aromatic heterocycles. The van der Waals surface area contributed by atoms with Gasteiger partial charge in [-0.05, 0) is 24.2 Å². The van der Waals surface area contributed by atoms with E-state index in [0.29, 0.717) is 17.9 Å². The minimum atomic E-state index is -1.07. The highest BCUT2D eigenvalue weighted by molar-refractivity contribution is 9.10. The SMILES string of the molecule is COC(=O)c1cc(Br)cc(OCOCC[Si](C)(C)C)c1. The number of carbonyl (C=O) groups excluding carboxylic acids is 1. The summed E-state index contributed by atoms with van der Waals surface area (Å²) < 4.78 is 16.4. The number of carbonyl (C=O) groups is 1. The molecule has 0 atom stereocenters. The zero-order valence-electron chi connectivity index (χ0n) is 12.4. The lowest BCUT2D eigenvalue weighted by Crippen LogP contribution is -2.22. The predicted molar refractivity (Wildman–Crippen MR) is 85.1 cm³/mol. The molecule has 0 aliphatic carbocycles. The molecule has 1 aromatic rings. The van der Waals surface area contributed by atoms with E-state index in [2.05, 4.69) is 40.3 Å². The fourth-order valence-corrected chi connectivity index (χ4v) is 2.66. The lowest BCUT2D eigenvalue weighted by molar-refractivity contribution is 0.0218. The highest BCUT2D eigenvalue weighted by Crippen LogP contribution is 2.22. The van der Waals surface area contributed by atoms with Gasteiger partial charge < -0.3 is 14.2 Å². The molecule has 0 aliphatic heterocycles. The normalized spacial score (nSPS) is 11.2. The van der Waals surface area contributed by atoms with Crippen molar-refractivity contribution < 1.29 is 19.0 Å². The van der Waals surface area contributed by atoms with Gasteiger partial charge in [0.05, 0.1) is 12.7 Å². The Balaban J connectivity index is 2.48. The van der Waals surface area contributed by atoms with E-state index in [1.165, 1.54) is 7.11 Å². The van der Waals surface area contributed by atoms with Gasteiger partial charge in [0.25, 0.3) is 0 Å². The molecular formula is C14H21BrO4Si. The Kier molecular flexibility index (Phi) is 6.71. The van der Waals surface area contributed by atoms with Gasteiger partial charge in [-0.3, -0.25) is 0 Å². The van der Waals surface area contributed by atoms with Crippen LogP contribution in [0.4, 0.5) is 0 Å². The van der Waals surface area contributed by atoms with Gasteiger partial charge in [-0.1, -0.05) is 35.6 Å². The molecule has 112 valence electrons. The van der Waals surface area contributed by atoms with Gasteiger partial charge in [-0.2, -0.15) is 0 Å². The van der Waals surface area contributed by atoms with Crippen LogP contribution in [0.15, 0.2) is 22.7 Å². The lowest BCUT2D eigenvalue weighted by Gasteiger charge is -2.15. The summed E-state index contributed by atoms with van der Waals surface area (Å²) in [6.45, 7) is 7.78. The van der Waals surface area contributed by atoms with E-state index in [0.717, 1.165) is 10.5 Å². The van der Waals surface area contributed by atoms with E-state index >= 15 is 0 Å². The highest BCUT2D eigenvalue weighted by atomic mass is 79.9. The van der Waals surface area contributed by atoms with E-state index in [1.54, 1.807) is 18.2 Å². The van der Waals surface area contributed by atoms with E-state index in [1.807, 2.05) is 0 Å². The number of benzene rings is 1. The zero-order valence-corrected chi connectivity index (χ0v) is 15.0. The van der Waals surface area contributed by atoms with Gasteiger partial charge >= 0.3 is 5.97 Å². The van der Waals surface area contributed by atoms with E-state index in [-0.39, 0.29) is 6.79 Å². The van der Waals surface area contributed by atoms with Gasteiger partial charge in [0, 0.05) is 19.2 Å². The molecule has 0 aliphatic rings. The number of rotatable bonds is 7.